The average Bonchev–Trinajstić information content (AvgIpc) is 2.54. The first-order valence-electron chi connectivity index (χ1n) is 8.32. The molecule has 0 bridgehead atoms. The molecule has 0 spiro atoms. The van der Waals surface area contributed by atoms with Gasteiger partial charge in [0, 0.05) is 17.3 Å². The molecule has 0 heterocycles. The highest BCUT2D eigenvalue weighted by Crippen LogP contribution is 2.23. The molecule has 23 heavy (non-hydrogen) atoms. The van der Waals surface area contributed by atoms with Crippen LogP contribution in [-0.4, -0.2) is 12.0 Å². The predicted molar refractivity (Wildman–Crippen MR) is 93.2 cm³/mol. The van der Waals surface area contributed by atoms with Gasteiger partial charge in [-0.3, -0.25) is 4.79 Å². The summed E-state index contributed by atoms with van der Waals surface area (Å²) < 4.78 is 5.67. The molecule has 1 amide bonds. The number of carbonyl (C=O) groups is 1. The number of carbonyl (C=O) groups excluding carboxylic acids is 1. The number of amides is 1. The lowest BCUT2D eigenvalue weighted by Crippen LogP contribution is -2.14. The van der Waals surface area contributed by atoms with Crippen LogP contribution in [0.2, 0.25) is 0 Å². The van der Waals surface area contributed by atoms with Crippen LogP contribution in [0, 0.1) is 0 Å². The third kappa shape index (κ3) is 3.92. The molecule has 1 aliphatic rings. The Kier molecular flexibility index (Phi) is 4.65. The summed E-state index contributed by atoms with van der Waals surface area (Å²) in [5.41, 5.74) is 4.19. The minimum atomic E-state index is -0.0694. The van der Waals surface area contributed by atoms with Crippen molar-refractivity contribution in [1.29, 1.82) is 0 Å². The summed E-state index contributed by atoms with van der Waals surface area (Å²) in [7, 11) is 0. The topological polar surface area (TPSA) is 38.3 Å². The van der Waals surface area contributed by atoms with Crippen molar-refractivity contribution in [2.24, 2.45) is 0 Å². The lowest BCUT2D eigenvalue weighted by atomic mass is 9.90. The molecule has 0 unspecified atom stereocenters. The van der Waals surface area contributed by atoms with Crippen LogP contribution in [0.1, 0.15) is 48.2 Å². The normalized spacial score (nSPS) is 13.5. The number of ether oxygens (including phenoxy) is 1. The summed E-state index contributed by atoms with van der Waals surface area (Å²) in [6.07, 6.45) is 4.79. The minimum Gasteiger partial charge on any atom is -0.491 e. The summed E-state index contributed by atoms with van der Waals surface area (Å²) >= 11 is 0. The van der Waals surface area contributed by atoms with Gasteiger partial charge in [0.1, 0.15) is 5.75 Å². The van der Waals surface area contributed by atoms with E-state index in [9.17, 15) is 4.79 Å². The molecule has 1 aliphatic carbocycles. The van der Waals surface area contributed by atoms with Crippen molar-refractivity contribution >= 4 is 11.6 Å². The number of anilines is 1. The smallest absolute Gasteiger partial charge is 0.255 e. The molecular formula is C20H23NO2. The lowest BCUT2D eigenvalue weighted by molar-refractivity contribution is 0.102. The van der Waals surface area contributed by atoms with Gasteiger partial charge in [-0.05, 0) is 74.9 Å². The van der Waals surface area contributed by atoms with Gasteiger partial charge in [-0.1, -0.05) is 12.1 Å². The van der Waals surface area contributed by atoms with E-state index in [0.29, 0.717) is 0 Å². The van der Waals surface area contributed by atoms with Gasteiger partial charge in [-0.2, -0.15) is 0 Å². The van der Waals surface area contributed by atoms with E-state index in [0.717, 1.165) is 29.8 Å². The molecular weight excluding hydrogens is 286 g/mol. The Balaban J connectivity index is 1.74. The van der Waals surface area contributed by atoms with Gasteiger partial charge < -0.3 is 10.1 Å². The van der Waals surface area contributed by atoms with Crippen LogP contribution in [0.25, 0.3) is 0 Å². The van der Waals surface area contributed by atoms with Crippen molar-refractivity contribution in [2.45, 2.75) is 45.6 Å². The summed E-state index contributed by atoms with van der Waals surface area (Å²) in [6.45, 7) is 3.97. The highest BCUT2D eigenvalue weighted by atomic mass is 16.5. The van der Waals surface area contributed by atoms with Crippen molar-refractivity contribution in [1.82, 2.24) is 0 Å². The van der Waals surface area contributed by atoms with Crippen LogP contribution in [0.4, 0.5) is 5.69 Å². The van der Waals surface area contributed by atoms with Crippen molar-refractivity contribution in [3.63, 3.8) is 0 Å². The Labute approximate surface area is 137 Å². The van der Waals surface area contributed by atoms with E-state index in [-0.39, 0.29) is 12.0 Å². The van der Waals surface area contributed by atoms with Gasteiger partial charge in [0.15, 0.2) is 0 Å². The molecule has 3 rings (SSSR count). The zero-order valence-corrected chi connectivity index (χ0v) is 13.8. The summed E-state index contributed by atoms with van der Waals surface area (Å²) in [5, 5.41) is 2.96. The highest BCUT2D eigenvalue weighted by molar-refractivity contribution is 6.04. The summed E-state index contributed by atoms with van der Waals surface area (Å²) in [6, 6.07) is 13.6. The van der Waals surface area contributed by atoms with Crippen LogP contribution in [0.5, 0.6) is 5.75 Å². The molecule has 0 radical (unpaired) electrons. The first-order valence-corrected chi connectivity index (χ1v) is 8.32. The fraction of sp³-hybridized carbons (Fsp3) is 0.350. The molecule has 0 saturated heterocycles. The van der Waals surface area contributed by atoms with E-state index in [4.69, 9.17) is 4.74 Å². The van der Waals surface area contributed by atoms with Gasteiger partial charge >= 0.3 is 0 Å². The second-order valence-electron chi connectivity index (χ2n) is 6.34. The first-order chi connectivity index (χ1) is 11.1. The second kappa shape index (κ2) is 6.86. The van der Waals surface area contributed by atoms with Crippen LogP contribution in [-0.2, 0) is 12.8 Å². The molecule has 0 fully saturated rings. The molecule has 1 N–H and O–H groups in total. The first kappa shape index (κ1) is 15.6. The number of fused-ring (bicyclic) bond motifs is 1. The molecule has 2 aromatic carbocycles. The van der Waals surface area contributed by atoms with E-state index < -0.39 is 0 Å². The van der Waals surface area contributed by atoms with Gasteiger partial charge in [-0.25, -0.2) is 0 Å². The van der Waals surface area contributed by atoms with Crippen molar-refractivity contribution < 1.29 is 9.53 Å². The van der Waals surface area contributed by atoms with E-state index in [2.05, 4.69) is 11.4 Å². The number of aryl methyl sites for hydroxylation is 2. The summed E-state index contributed by atoms with van der Waals surface area (Å²) in [5.74, 6) is 0.698. The standard InChI is InChI=1S/C20H23NO2/c1-14(2)23-19-9-5-8-18(13-19)21-20(22)17-11-10-15-6-3-4-7-16(15)12-17/h5,8-14H,3-4,6-7H2,1-2H3,(H,21,22). The maximum atomic E-state index is 12.5. The van der Waals surface area contributed by atoms with Gasteiger partial charge in [0.05, 0.1) is 6.10 Å². The van der Waals surface area contributed by atoms with Gasteiger partial charge in [0.2, 0.25) is 0 Å². The Morgan fingerprint density at radius 3 is 2.61 bits per heavy atom. The Bertz CT molecular complexity index is 707. The molecule has 0 saturated carbocycles. The molecule has 3 nitrogen and oxygen atoms in total. The minimum absolute atomic E-state index is 0.0694. The maximum absolute atomic E-state index is 12.5. The molecule has 0 aromatic heterocycles. The lowest BCUT2D eigenvalue weighted by Gasteiger charge is -2.16. The number of nitrogens with one attached hydrogen (secondary N) is 1. The molecule has 0 aliphatic heterocycles. The number of rotatable bonds is 4. The van der Waals surface area contributed by atoms with Crippen molar-refractivity contribution in [2.75, 3.05) is 5.32 Å². The molecule has 3 heteroatoms. The molecule has 2 aromatic rings. The average molecular weight is 309 g/mol. The zero-order valence-electron chi connectivity index (χ0n) is 13.8. The van der Waals surface area contributed by atoms with E-state index in [1.807, 2.05) is 50.2 Å². The number of hydrogen-bond donors (Lipinski definition) is 1. The summed E-state index contributed by atoms with van der Waals surface area (Å²) in [4.78, 5) is 12.5. The van der Waals surface area contributed by atoms with Crippen molar-refractivity contribution in [3.05, 3.63) is 59.2 Å². The molecule has 120 valence electrons. The van der Waals surface area contributed by atoms with Crippen LogP contribution < -0.4 is 10.1 Å². The maximum Gasteiger partial charge on any atom is 0.255 e. The Hall–Kier alpha value is -2.29. The van der Waals surface area contributed by atoms with Gasteiger partial charge in [-0.15, -0.1) is 0 Å². The number of benzene rings is 2. The Morgan fingerprint density at radius 1 is 1.04 bits per heavy atom. The monoisotopic (exact) mass is 309 g/mol. The molecule has 0 atom stereocenters. The van der Waals surface area contributed by atoms with E-state index in [1.54, 1.807) is 0 Å². The fourth-order valence-corrected chi connectivity index (χ4v) is 3.00. The second-order valence-corrected chi connectivity index (χ2v) is 6.34. The van der Waals surface area contributed by atoms with Gasteiger partial charge in [0.25, 0.3) is 5.91 Å². The quantitative estimate of drug-likeness (QED) is 0.896. The Morgan fingerprint density at radius 2 is 1.83 bits per heavy atom. The largest absolute Gasteiger partial charge is 0.491 e. The SMILES string of the molecule is CC(C)Oc1cccc(NC(=O)c2ccc3c(c2)CCCC3)c1. The third-order valence-corrected chi connectivity index (χ3v) is 4.07. The number of hydrogen-bond acceptors (Lipinski definition) is 2. The van der Waals surface area contributed by atoms with E-state index >= 15 is 0 Å². The third-order valence-electron chi connectivity index (χ3n) is 4.07. The fourth-order valence-electron chi connectivity index (χ4n) is 3.00. The van der Waals surface area contributed by atoms with Crippen LogP contribution in [0.15, 0.2) is 42.5 Å². The van der Waals surface area contributed by atoms with Crippen molar-refractivity contribution in [3.8, 4) is 5.75 Å². The predicted octanol–water partition coefficient (Wildman–Crippen LogP) is 4.60. The van der Waals surface area contributed by atoms with Crippen LogP contribution >= 0.6 is 0 Å². The van der Waals surface area contributed by atoms with E-state index in [1.165, 1.54) is 24.0 Å². The van der Waals surface area contributed by atoms with Crippen LogP contribution in [0.3, 0.4) is 0 Å². The zero-order chi connectivity index (χ0) is 16.2. The highest BCUT2D eigenvalue weighted by Gasteiger charge is 2.13.